The maximum Gasteiger partial charge on any atom is 0.247 e. The van der Waals surface area contributed by atoms with Gasteiger partial charge in [0.1, 0.15) is 5.54 Å². The van der Waals surface area contributed by atoms with Gasteiger partial charge in [-0.2, -0.15) is 0 Å². The van der Waals surface area contributed by atoms with Crippen molar-refractivity contribution in [2.45, 2.75) is 52.5 Å². The van der Waals surface area contributed by atoms with Crippen LogP contribution in [0.3, 0.4) is 0 Å². The van der Waals surface area contributed by atoms with E-state index >= 15 is 0 Å². The molecule has 0 radical (unpaired) electrons. The standard InChI is InChI=1S/C14H24N2O2/c1-10(2)14(6-7-14)9-16-8-5-11(17)15-13(3,4)12(16)18/h10H,5-9H2,1-4H3,(H,15,17). The molecule has 0 atom stereocenters. The predicted molar refractivity (Wildman–Crippen MR) is 69.9 cm³/mol. The number of carbonyl (C=O) groups excluding carboxylic acids is 2. The van der Waals surface area contributed by atoms with E-state index in [9.17, 15) is 9.59 Å². The molecule has 1 saturated carbocycles. The lowest BCUT2D eigenvalue weighted by Crippen LogP contribution is -2.53. The van der Waals surface area contributed by atoms with Gasteiger partial charge in [0.05, 0.1) is 0 Å². The fourth-order valence-electron chi connectivity index (χ4n) is 2.81. The molecule has 1 heterocycles. The third kappa shape index (κ3) is 2.38. The number of nitrogens with zero attached hydrogens (tertiary/aromatic N) is 1. The molecule has 102 valence electrons. The molecule has 0 bridgehead atoms. The zero-order chi connectivity index (χ0) is 13.6. The summed E-state index contributed by atoms with van der Waals surface area (Å²) in [6.07, 6.45) is 2.83. The molecule has 2 rings (SSSR count). The minimum absolute atomic E-state index is 0.0229. The third-order valence-electron chi connectivity index (χ3n) is 4.51. The average Bonchev–Trinajstić information content (AvgIpc) is 3.03. The molecule has 0 aromatic rings. The Balaban J connectivity index is 2.12. The SMILES string of the molecule is CC(C)C1(CN2CCC(=O)NC(C)(C)C2=O)CC1. The minimum atomic E-state index is -0.763. The number of hydrogen-bond acceptors (Lipinski definition) is 2. The molecular formula is C14H24N2O2. The van der Waals surface area contributed by atoms with E-state index < -0.39 is 5.54 Å². The van der Waals surface area contributed by atoms with Crippen molar-refractivity contribution in [3.05, 3.63) is 0 Å². The molecule has 18 heavy (non-hydrogen) atoms. The highest BCUT2D eigenvalue weighted by molar-refractivity contribution is 5.92. The molecular weight excluding hydrogens is 228 g/mol. The fraction of sp³-hybridized carbons (Fsp3) is 0.857. The van der Waals surface area contributed by atoms with Crippen molar-refractivity contribution in [2.24, 2.45) is 11.3 Å². The van der Waals surface area contributed by atoms with Gasteiger partial charge in [0.2, 0.25) is 11.8 Å². The van der Waals surface area contributed by atoms with Crippen LogP contribution in [0.15, 0.2) is 0 Å². The van der Waals surface area contributed by atoms with Gasteiger partial charge in [-0.3, -0.25) is 9.59 Å². The molecule has 4 heteroatoms. The van der Waals surface area contributed by atoms with E-state index in [4.69, 9.17) is 0 Å². The summed E-state index contributed by atoms with van der Waals surface area (Å²) >= 11 is 0. The van der Waals surface area contributed by atoms with Gasteiger partial charge in [-0.15, -0.1) is 0 Å². The van der Waals surface area contributed by atoms with Gasteiger partial charge in [0.25, 0.3) is 0 Å². The second-order valence-corrected chi connectivity index (χ2v) is 6.67. The van der Waals surface area contributed by atoms with Crippen LogP contribution in [0.4, 0.5) is 0 Å². The lowest BCUT2D eigenvalue weighted by Gasteiger charge is -2.33. The Labute approximate surface area is 109 Å². The first kappa shape index (κ1) is 13.4. The van der Waals surface area contributed by atoms with Crippen LogP contribution in [-0.2, 0) is 9.59 Å². The highest BCUT2D eigenvalue weighted by Crippen LogP contribution is 2.52. The molecule has 2 aliphatic rings. The minimum Gasteiger partial charge on any atom is -0.342 e. The Morgan fingerprint density at radius 3 is 2.39 bits per heavy atom. The van der Waals surface area contributed by atoms with E-state index in [-0.39, 0.29) is 11.8 Å². The molecule has 0 unspecified atom stereocenters. The van der Waals surface area contributed by atoms with Crippen LogP contribution in [0.1, 0.15) is 47.0 Å². The zero-order valence-corrected chi connectivity index (χ0v) is 11.9. The summed E-state index contributed by atoms with van der Waals surface area (Å²) in [6, 6.07) is 0. The first-order valence-corrected chi connectivity index (χ1v) is 6.87. The van der Waals surface area contributed by atoms with Crippen molar-refractivity contribution < 1.29 is 9.59 Å². The molecule has 2 amide bonds. The predicted octanol–water partition coefficient (Wildman–Crippen LogP) is 1.55. The van der Waals surface area contributed by atoms with E-state index in [0.717, 1.165) is 6.54 Å². The normalized spacial score (nSPS) is 25.9. The maximum absolute atomic E-state index is 12.5. The summed E-state index contributed by atoms with van der Waals surface area (Å²) in [5.74, 6) is 0.630. The van der Waals surface area contributed by atoms with Crippen molar-refractivity contribution in [3.8, 4) is 0 Å². The lowest BCUT2D eigenvalue weighted by atomic mass is 9.91. The van der Waals surface area contributed by atoms with E-state index in [0.29, 0.717) is 24.3 Å². The fourth-order valence-corrected chi connectivity index (χ4v) is 2.81. The van der Waals surface area contributed by atoms with Crippen LogP contribution in [-0.4, -0.2) is 35.3 Å². The summed E-state index contributed by atoms with van der Waals surface area (Å²) in [7, 11) is 0. The van der Waals surface area contributed by atoms with Gasteiger partial charge in [-0.1, -0.05) is 13.8 Å². The molecule has 2 fully saturated rings. The van der Waals surface area contributed by atoms with Crippen LogP contribution < -0.4 is 5.32 Å². The van der Waals surface area contributed by atoms with Crippen molar-refractivity contribution in [2.75, 3.05) is 13.1 Å². The number of nitrogens with one attached hydrogen (secondary N) is 1. The Kier molecular flexibility index (Phi) is 3.16. The molecule has 4 nitrogen and oxygen atoms in total. The van der Waals surface area contributed by atoms with E-state index in [1.165, 1.54) is 12.8 Å². The molecule has 0 aromatic carbocycles. The first-order chi connectivity index (χ1) is 8.27. The number of carbonyl (C=O) groups is 2. The molecule has 1 N–H and O–H groups in total. The first-order valence-electron chi connectivity index (χ1n) is 6.87. The second kappa shape index (κ2) is 4.25. The maximum atomic E-state index is 12.5. The van der Waals surface area contributed by atoms with E-state index in [1.807, 2.05) is 4.90 Å². The zero-order valence-electron chi connectivity index (χ0n) is 11.9. The molecule has 1 aliphatic carbocycles. The topological polar surface area (TPSA) is 49.4 Å². The molecule has 1 saturated heterocycles. The lowest BCUT2D eigenvalue weighted by molar-refractivity contribution is -0.138. The smallest absolute Gasteiger partial charge is 0.247 e. The van der Waals surface area contributed by atoms with Gasteiger partial charge >= 0.3 is 0 Å². The van der Waals surface area contributed by atoms with Gasteiger partial charge in [0, 0.05) is 19.5 Å². The second-order valence-electron chi connectivity index (χ2n) is 6.67. The van der Waals surface area contributed by atoms with E-state index in [2.05, 4.69) is 19.2 Å². The van der Waals surface area contributed by atoms with E-state index in [1.54, 1.807) is 13.8 Å². The summed E-state index contributed by atoms with van der Waals surface area (Å²) in [4.78, 5) is 26.0. The van der Waals surface area contributed by atoms with Gasteiger partial charge in [-0.25, -0.2) is 0 Å². The van der Waals surface area contributed by atoms with Crippen LogP contribution in [0.2, 0.25) is 0 Å². The summed E-state index contributed by atoms with van der Waals surface area (Å²) in [5.41, 5.74) is -0.459. The number of rotatable bonds is 3. The largest absolute Gasteiger partial charge is 0.342 e. The third-order valence-corrected chi connectivity index (χ3v) is 4.51. The average molecular weight is 252 g/mol. The van der Waals surface area contributed by atoms with Crippen LogP contribution in [0.25, 0.3) is 0 Å². The Bertz CT molecular complexity index is 370. The van der Waals surface area contributed by atoms with Gasteiger partial charge in [0.15, 0.2) is 0 Å². The summed E-state index contributed by atoms with van der Waals surface area (Å²) in [5, 5.41) is 2.80. The van der Waals surface area contributed by atoms with Crippen molar-refractivity contribution >= 4 is 11.8 Å². The van der Waals surface area contributed by atoms with Crippen LogP contribution in [0, 0.1) is 11.3 Å². The van der Waals surface area contributed by atoms with Gasteiger partial charge < -0.3 is 10.2 Å². The highest BCUT2D eigenvalue weighted by atomic mass is 16.2. The number of hydrogen-bond donors (Lipinski definition) is 1. The van der Waals surface area contributed by atoms with Gasteiger partial charge in [-0.05, 0) is 38.0 Å². The Morgan fingerprint density at radius 2 is 1.89 bits per heavy atom. The Morgan fingerprint density at radius 1 is 1.28 bits per heavy atom. The van der Waals surface area contributed by atoms with Crippen molar-refractivity contribution in [1.82, 2.24) is 10.2 Å². The molecule has 0 aromatic heterocycles. The quantitative estimate of drug-likeness (QED) is 0.828. The van der Waals surface area contributed by atoms with Crippen molar-refractivity contribution in [1.29, 1.82) is 0 Å². The van der Waals surface area contributed by atoms with Crippen LogP contribution in [0.5, 0.6) is 0 Å². The molecule has 1 aliphatic heterocycles. The summed E-state index contributed by atoms with van der Waals surface area (Å²) in [6.45, 7) is 9.40. The number of amides is 2. The molecule has 0 spiro atoms. The Hall–Kier alpha value is -1.06. The highest BCUT2D eigenvalue weighted by Gasteiger charge is 2.48. The summed E-state index contributed by atoms with van der Waals surface area (Å²) < 4.78 is 0. The van der Waals surface area contributed by atoms with Crippen molar-refractivity contribution in [3.63, 3.8) is 0 Å². The monoisotopic (exact) mass is 252 g/mol. The van der Waals surface area contributed by atoms with Crippen LogP contribution >= 0.6 is 0 Å².